The van der Waals surface area contributed by atoms with Crippen molar-refractivity contribution in [2.45, 2.75) is 13.8 Å². The van der Waals surface area contributed by atoms with Crippen LogP contribution in [0.15, 0.2) is 18.2 Å². The summed E-state index contributed by atoms with van der Waals surface area (Å²) in [6.07, 6.45) is 0. The molecule has 0 aliphatic carbocycles. The molecule has 0 radical (unpaired) electrons. The minimum absolute atomic E-state index is 0.138. The number of aryl methyl sites for hydroxylation is 1. The Hall–Kier alpha value is -1.83. The summed E-state index contributed by atoms with van der Waals surface area (Å²) in [5.41, 5.74) is 7.71. The summed E-state index contributed by atoms with van der Waals surface area (Å²) in [6, 6.07) is 5.57. The first kappa shape index (κ1) is 15.2. The summed E-state index contributed by atoms with van der Waals surface area (Å²) in [5, 5.41) is 2.81. The lowest BCUT2D eigenvalue weighted by molar-refractivity contribution is 0.0922. The highest BCUT2D eigenvalue weighted by molar-refractivity contribution is 5.96. The van der Waals surface area contributed by atoms with Gasteiger partial charge >= 0.3 is 0 Å². The molecule has 0 saturated carbocycles. The van der Waals surface area contributed by atoms with Gasteiger partial charge in [-0.3, -0.25) is 4.79 Å². The number of nitrogens with one attached hydrogen (secondary N) is 1. The van der Waals surface area contributed by atoms with E-state index in [0.29, 0.717) is 30.9 Å². The molecule has 0 heterocycles. The third kappa shape index (κ3) is 5.12. The maximum atomic E-state index is 12.0. The molecule has 1 aromatic rings. The second-order valence-corrected chi connectivity index (χ2v) is 4.01. The molecule has 0 spiro atoms. The van der Waals surface area contributed by atoms with Crippen molar-refractivity contribution in [2.24, 2.45) is 5.73 Å². The van der Waals surface area contributed by atoms with Gasteiger partial charge in [0.15, 0.2) is 0 Å². The average Bonchev–Trinajstić information content (AvgIpc) is 2.41. The second kappa shape index (κ2) is 8.30. The van der Waals surface area contributed by atoms with E-state index in [-0.39, 0.29) is 12.5 Å². The zero-order valence-electron chi connectivity index (χ0n) is 11.5. The van der Waals surface area contributed by atoms with Gasteiger partial charge in [0.1, 0.15) is 0 Å². The van der Waals surface area contributed by atoms with E-state index in [1.54, 1.807) is 6.07 Å². The number of amides is 1. The molecule has 0 fully saturated rings. The van der Waals surface area contributed by atoms with Gasteiger partial charge in [-0.2, -0.15) is 0 Å². The first-order valence-electron chi connectivity index (χ1n) is 6.34. The number of benzene rings is 1. The van der Waals surface area contributed by atoms with E-state index in [0.717, 1.165) is 5.56 Å². The van der Waals surface area contributed by atoms with Crippen molar-refractivity contribution in [3.8, 4) is 11.8 Å². The molecule has 0 aliphatic rings. The first-order valence-corrected chi connectivity index (χ1v) is 6.34. The second-order valence-electron chi connectivity index (χ2n) is 4.01. The Kier molecular flexibility index (Phi) is 6.65. The smallest absolute Gasteiger partial charge is 0.252 e. The molecule has 1 rings (SSSR count). The molecule has 0 aliphatic heterocycles. The molecule has 4 heteroatoms. The zero-order valence-corrected chi connectivity index (χ0v) is 11.5. The van der Waals surface area contributed by atoms with Crippen LogP contribution in [-0.4, -0.2) is 32.2 Å². The average molecular weight is 260 g/mol. The maximum Gasteiger partial charge on any atom is 0.252 e. The summed E-state index contributed by atoms with van der Waals surface area (Å²) in [5.74, 6) is 5.57. The zero-order chi connectivity index (χ0) is 14.1. The van der Waals surface area contributed by atoms with E-state index >= 15 is 0 Å². The Morgan fingerprint density at radius 3 is 2.95 bits per heavy atom. The number of ether oxygens (including phenoxy) is 1. The normalized spacial score (nSPS) is 9.63. The van der Waals surface area contributed by atoms with E-state index in [1.807, 2.05) is 26.0 Å². The van der Waals surface area contributed by atoms with Crippen LogP contribution in [0, 0.1) is 18.8 Å². The predicted octanol–water partition coefficient (Wildman–Crippen LogP) is 1.07. The molecule has 102 valence electrons. The summed E-state index contributed by atoms with van der Waals surface area (Å²) < 4.78 is 5.17. The SMILES string of the molecule is CCOCCNC(=O)c1ccc(C)cc1C#CCN. The van der Waals surface area contributed by atoms with Crippen LogP contribution in [0.1, 0.15) is 28.4 Å². The number of carbonyl (C=O) groups is 1. The Morgan fingerprint density at radius 1 is 1.47 bits per heavy atom. The van der Waals surface area contributed by atoms with Crippen LogP contribution in [0.25, 0.3) is 0 Å². The molecule has 19 heavy (non-hydrogen) atoms. The van der Waals surface area contributed by atoms with Gasteiger partial charge in [0, 0.05) is 18.7 Å². The molecule has 3 N–H and O–H groups in total. The fourth-order valence-electron chi connectivity index (χ4n) is 1.58. The quantitative estimate of drug-likeness (QED) is 0.615. The summed E-state index contributed by atoms with van der Waals surface area (Å²) in [6.45, 7) is 5.81. The van der Waals surface area contributed by atoms with Crippen LogP contribution in [0.2, 0.25) is 0 Å². The van der Waals surface area contributed by atoms with Gasteiger partial charge in [-0.15, -0.1) is 0 Å². The van der Waals surface area contributed by atoms with Crippen LogP contribution < -0.4 is 11.1 Å². The molecular weight excluding hydrogens is 240 g/mol. The van der Waals surface area contributed by atoms with Crippen molar-refractivity contribution in [3.05, 3.63) is 34.9 Å². The van der Waals surface area contributed by atoms with Crippen LogP contribution in [-0.2, 0) is 4.74 Å². The van der Waals surface area contributed by atoms with E-state index < -0.39 is 0 Å². The van der Waals surface area contributed by atoms with Gasteiger partial charge in [0.05, 0.1) is 18.7 Å². The molecule has 4 nitrogen and oxygen atoms in total. The number of hydrogen-bond acceptors (Lipinski definition) is 3. The van der Waals surface area contributed by atoms with Crippen molar-refractivity contribution < 1.29 is 9.53 Å². The van der Waals surface area contributed by atoms with Crippen LogP contribution >= 0.6 is 0 Å². The Bertz CT molecular complexity index is 487. The van der Waals surface area contributed by atoms with Gasteiger partial charge < -0.3 is 15.8 Å². The molecular formula is C15H20N2O2. The number of nitrogens with two attached hydrogens (primary N) is 1. The Morgan fingerprint density at radius 2 is 2.26 bits per heavy atom. The third-order valence-corrected chi connectivity index (χ3v) is 2.48. The monoisotopic (exact) mass is 260 g/mol. The van der Waals surface area contributed by atoms with Crippen LogP contribution in [0.3, 0.4) is 0 Å². The van der Waals surface area contributed by atoms with Crippen LogP contribution in [0.4, 0.5) is 0 Å². The molecule has 1 aromatic carbocycles. The lowest BCUT2D eigenvalue weighted by Gasteiger charge is -2.08. The Balaban J connectivity index is 2.78. The van der Waals surface area contributed by atoms with Gasteiger partial charge in [-0.05, 0) is 31.5 Å². The van der Waals surface area contributed by atoms with E-state index in [2.05, 4.69) is 17.2 Å². The maximum absolute atomic E-state index is 12.0. The summed E-state index contributed by atoms with van der Waals surface area (Å²) >= 11 is 0. The van der Waals surface area contributed by atoms with Gasteiger partial charge in [0.2, 0.25) is 0 Å². The number of carbonyl (C=O) groups excluding carboxylic acids is 1. The van der Waals surface area contributed by atoms with E-state index in [9.17, 15) is 4.79 Å². The molecule has 1 amide bonds. The highest BCUT2D eigenvalue weighted by atomic mass is 16.5. The first-order chi connectivity index (χ1) is 9.19. The summed E-state index contributed by atoms with van der Waals surface area (Å²) in [7, 11) is 0. The fraction of sp³-hybridized carbons (Fsp3) is 0.400. The Labute approximate surface area is 114 Å². The highest BCUT2D eigenvalue weighted by Gasteiger charge is 2.09. The number of rotatable bonds is 5. The fourth-order valence-corrected chi connectivity index (χ4v) is 1.58. The van der Waals surface area contributed by atoms with Crippen molar-refractivity contribution in [3.63, 3.8) is 0 Å². The molecule has 0 saturated heterocycles. The largest absolute Gasteiger partial charge is 0.380 e. The molecule has 0 atom stereocenters. The van der Waals surface area contributed by atoms with Crippen molar-refractivity contribution >= 4 is 5.91 Å². The van der Waals surface area contributed by atoms with Crippen LogP contribution in [0.5, 0.6) is 0 Å². The topological polar surface area (TPSA) is 64.3 Å². The van der Waals surface area contributed by atoms with Gasteiger partial charge in [-0.25, -0.2) is 0 Å². The standard InChI is InChI=1S/C15H20N2O2/c1-3-19-10-9-17-15(18)14-7-6-12(2)11-13(14)5-4-8-16/h6-7,11H,3,8-10,16H2,1-2H3,(H,17,18). The molecule has 0 aromatic heterocycles. The summed E-state index contributed by atoms with van der Waals surface area (Å²) in [4.78, 5) is 12.0. The van der Waals surface area contributed by atoms with E-state index in [4.69, 9.17) is 10.5 Å². The van der Waals surface area contributed by atoms with E-state index in [1.165, 1.54) is 0 Å². The highest BCUT2D eigenvalue weighted by Crippen LogP contribution is 2.10. The van der Waals surface area contributed by atoms with Crippen molar-refractivity contribution in [2.75, 3.05) is 26.3 Å². The van der Waals surface area contributed by atoms with Gasteiger partial charge in [-0.1, -0.05) is 17.9 Å². The minimum atomic E-state index is -0.138. The minimum Gasteiger partial charge on any atom is -0.380 e. The lowest BCUT2D eigenvalue weighted by Crippen LogP contribution is -2.28. The molecule has 0 unspecified atom stereocenters. The van der Waals surface area contributed by atoms with Gasteiger partial charge in [0.25, 0.3) is 5.91 Å². The van der Waals surface area contributed by atoms with Crippen molar-refractivity contribution in [1.29, 1.82) is 0 Å². The third-order valence-electron chi connectivity index (χ3n) is 2.48. The predicted molar refractivity (Wildman–Crippen MR) is 75.9 cm³/mol. The van der Waals surface area contributed by atoms with Crippen molar-refractivity contribution in [1.82, 2.24) is 5.32 Å². The molecule has 0 bridgehead atoms. The lowest BCUT2D eigenvalue weighted by atomic mass is 10.0. The number of hydrogen-bond donors (Lipinski definition) is 2.